The van der Waals surface area contributed by atoms with Gasteiger partial charge in [0.1, 0.15) is 5.83 Å². The molecule has 1 rings (SSSR count). The molecule has 0 aromatic carbocycles. The summed E-state index contributed by atoms with van der Waals surface area (Å²) in [7, 11) is 0. The van der Waals surface area contributed by atoms with Gasteiger partial charge in [-0.05, 0) is 55.2 Å². The molecule has 0 fully saturated rings. The number of urea groups is 1. The minimum atomic E-state index is -0.525. The number of imide groups is 1. The third kappa shape index (κ3) is 4.78. The van der Waals surface area contributed by atoms with Crippen LogP contribution in [0.4, 0.5) is 9.18 Å². The summed E-state index contributed by atoms with van der Waals surface area (Å²) in [5, 5.41) is 2.12. The van der Waals surface area contributed by atoms with Gasteiger partial charge in [-0.1, -0.05) is 27.4 Å². The van der Waals surface area contributed by atoms with E-state index in [1.807, 2.05) is 6.92 Å². The summed E-state index contributed by atoms with van der Waals surface area (Å²) < 4.78 is 14.5. The lowest BCUT2D eigenvalue weighted by Crippen LogP contribution is -2.39. The molecule has 4 nitrogen and oxygen atoms in total. The van der Waals surface area contributed by atoms with Crippen molar-refractivity contribution in [2.24, 2.45) is 5.92 Å². The number of amides is 3. The van der Waals surface area contributed by atoms with Crippen molar-refractivity contribution >= 4 is 12.4 Å². The third-order valence-corrected chi connectivity index (χ3v) is 4.32. The quantitative estimate of drug-likeness (QED) is 0.671. The minimum absolute atomic E-state index is 0.201. The molecule has 0 aliphatic heterocycles. The van der Waals surface area contributed by atoms with Gasteiger partial charge in [-0.15, -0.1) is 0 Å². The Balaban J connectivity index is 3.01. The van der Waals surface area contributed by atoms with Crippen LogP contribution in [-0.4, -0.2) is 23.9 Å². The van der Waals surface area contributed by atoms with Crippen LogP contribution in [-0.2, 0) is 4.79 Å². The van der Waals surface area contributed by atoms with E-state index < -0.39 is 6.03 Å². The molecule has 0 radical (unpaired) electrons. The molecular weight excluding hydrogens is 295 g/mol. The largest absolute Gasteiger partial charge is 0.328 e. The molecule has 1 N–H and O–H groups in total. The Kier molecular flexibility index (Phi) is 7.72. The zero-order valence-corrected chi connectivity index (χ0v) is 14.3. The van der Waals surface area contributed by atoms with Crippen LogP contribution in [0.25, 0.3) is 0 Å². The third-order valence-electron chi connectivity index (χ3n) is 4.32. The van der Waals surface area contributed by atoms with Crippen LogP contribution in [0.15, 0.2) is 35.3 Å². The first-order valence-electron chi connectivity index (χ1n) is 8.30. The number of carbonyl (C=O) groups excluding carboxylic acids is 2. The second kappa shape index (κ2) is 9.28. The van der Waals surface area contributed by atoms with Gasteiger partial charge in [0.25, 0.3) is 0 Å². The summed E-state index contributed by atoms with van der Waals surface area (Å²) in [5.41, 5.74) is 2.04. The molecule has 1 aliphatic carbocycles. The second-order valence-corrected chi connectivity index (χ2v) is 5.72. The number of carbonyl (C=O) groups is 2. The monoisotopic (exact) mass is 322 g/mol. The summed E-state index contributed by atoms with van der Waals surface area (Å²) in [5.74, 6) is 0.0690. The Labute approximate surface area is 138 Å². The van der Waals surface area contributed by atoms with Gasteiger partial charge in [-0.25, -0.2) is 9.18 Å². The number of nitrogens with zero attached hydrogens (tertiary/aromatic N) is 1. The lowest BCUT2D eigenvalue weighted by molar-refractivity contribution is -0.108. The van der Waals surface area contributed by atoms with Crippen LogP contribution < -0.4 is 5.32 Å². The number of nitrogens with one attached hydrogen (secondary N) is 1. The molecule has 0 spiro atoms. The van der Waals surface area contributed by atoms with Crippen LogP contribution in [0.5, 0.6) is 0 Å². The number of allylic oxidation sites excluding steroid dienone is 4. The molecule has 0 aromatic rings. The summed E-state index contributed by atoms with van der Waals surface area (Å²) >= 11 is 0. The number of hydrogen-bond acceptors (Lipinski definition) is 2. The van der Waals surface area contributed by atoms with Crippen LogP contribution in [0.3, 0.4) is 0 Å². The smallest absolute Gasteiger partial charge is 0.294 e. The Bertz CT molecular complexity index is 519. The standard InChI is InChI=1S/C18H27FN2O2/c1-5-10-21(18(23)20-12-22)13(4)15-8-9-16(17(19)11-15)14(6-2)7-3/h11-12,14H,4-10H2,1-3H3,(H,20,22,23). The van der Waals surface area contributed by atoms with Gasteiger partial charge in [0.2, 0.25) is 6.41 Å². The molecule has 0 atom stereocenters. The van der Waals surface area contributed by atoms with Crippen LogP contribution >= 0.6 is 0 Å². The topological polar surface area (TPSA) is 49.4 Å². The molecule has 0 aromatic heterocycles. The first kappa shape index (κ1) is 19.1. The molecule has 0 unspecified atom stereocenters. The minimum Gasteiger partial charge on any atom is -0.294 e. The first-order valence-corrected chi connectivity index (χ1v) is 8.30. The Morgan fingerprint density at radius 2 is 2.04 bits per heavy atom. The van der Waals surface area contributed by atoms with Crippen molar-refractivity contribution < 1.29 is 14.0 Å². The fourth-order valence-electron chi connectivity index (χ4n) is 3.00. The number of rotatable bonds is 8. The Hall–Kier alpha value is -1.91. The van der Waals surface area contributed by atoms with E-state index >= 15 is 0 Å². The highest BCUT2D eigenvalue weighted by Crippen LogP contribution is 2.35. The molecule has 128 valence electrons. The van der Waals surface area contributed by atoms with E-state index in [-0.39, 0.29) is 11.7 Å². The van der Waals surface area contributed by atoms with Gasteiger partial charge in [-0.3, -0.25) is 15.0 Å². The van der Waals surface area contributed by atoms with Crippen LogP contribution in [0, 0.1) is 5.92 Å². The van der Waals surface area contributed by atoms with E-state index in [4.69, 9.17) is 0 Å². The van der Waals surface area contributed by atoms with Crippen molar-refractivity contribution in [3.8, 4) is 0 Å². The number of halogens is 1. The highest BCUT2D eigenvalue weighted by atomic mass is 19.1. The van der Waals surface area contributed by atoms with Gasteiger partial charge in [0, 0.05) is 12.2 Å². The maximum Gasteiger partial charge on any atom is 0.328 e. The van der Waals surface area contributed by atoms with Crippen molar-refractivity contribution in [1.29, 1.82) is 0 Å². The summed E-state index contributed by atoms with van der Waals surface area (Å²) in [6.07, 6.45) is 5.72. The van der Waals surface area contributed by atoms with Crippen molar-refractivity contribution in [3.63, 3.8) is 0 Å². The van der Waals surface area contributed by atoms with Crippen molar-refractivity contribution in [2.75, 3.05) is 6.54 Å². The van der Waals surface area contributed by atoms with E-state index in [1.165, 1.54) is 11.0 Å². The first-order chi connectivity index (χ1) is 11.0. The van der Waals surface area contributed by atoms with E-state index in [9.17, 15) is 14.0 Å². The van der Waals surface area contributed by atoms with Crippen molar-refractivity contribution in [3.05, 3.63) is 35.3 Å². The van der Waals surface area contributed by atoms with Crippen LogP contribution in [0.1, 0.15) is 52.9 Å². The predicted molar refractivity (Wildman–Crippen MR) is 90.3 cm³/mol. The Morgan fingerprint density at radius 1 is 1.39 bits per heavy atom. The van der Waals surface area contributed by atoms with Gasteiger partial charge >= 0.3 is 6.03 Å². The highest BCUT2D eigenvalue weighted by Gasteiger charge is 2.24. The SMILES string of the molecule is C=C(C1=CC(F)=C(C(CC)CC)CC1)N(CCC)C(=O)NC=O. The molecular formula is C18H27FN2O2. The number of hydrogen-bond donors (Lipinski definition) is 1. The normalized spacial score (nSPS) is 14.6. The maximum absolute atomic E-state index is 14.5. The van der Waals surface area contributed by atoms with Crippen LogP contribution in [0.2, 0.25) is 0 Å². The van der Waals surface area contributed by atoms with E-state index in [1.54, 1.807) is 0 Å². The van der Waals surface area contributed by atoms with Crippen molar-refractivity contribution in [1.82, 2.24) is 10.2 Å². The van der Waals surface area contributed by atoms with E-state index in [0.29, 0.717) is 37.1 Å². The predicted octanol–water partition coefficient (Wildman–Crippen LogP) is 4.46. The fourth-order valence-corrected chi connectivity index (χ4v) is 3.00. The molecule has 0 bridgehead atoms. The molecule has 3 amide bonds. The van der Waals surface area contributed by atoms with E-state index in [0.717, 1.165) is 24.8 Å². The summed E-state index contributed by atoms with van der Waals surface area (Å²) in [4.78, 5) is 23.8. The summed E-state index contributed by atoms with van der Waals surface area (Å²) in [6.45, 7) is 10.4. The molecule has 1 aliphatic rings. The van der Waals surface area contributed by atoms with Gasteiger partial charge in [0.15, 0.2) is 0 Å². The average molecular weight is 322 g/mol. The van der Waals surface area contributed by atoms with Crippen molar-refractivity contribution in [2.45, 2.75) is 52.9 Å². The highest BCUT2D eigenvalue weighted by molar-refractivity contribution is 5.86. The molecule has 0 saturated carbocycles. The zero-order chi connectivity index (χ0) is 17.4. The molecule has 0 heterocycles. The molecule has 5 heteroatoms. The summed E-state index contributed by atoms with van der Waals surface area (Å²) in [6, 6.07) is -0.525. The van der Waals surface area contributed by atoms with Gasteiger partial charge in [-0.2, -0.15) is 0 Å². The molecule has 0 saturated heterocycles. The average Bonchev–Trinajstić information content (AvgIpc) is 2.54. The second-order valence-electron chi connectivity index (χ2n) is 5.72. The zero-order valence-electron chi connectivity index (χ0n) is 14.3. The fraction of sp³-hybridized carbons (Fsp3) is 0.556. The lowest BCUT2D eigenvalue weighted by Gasteiger charge is -2.28. The Morgan fingerprint density at radius 3 is 2.52 bits per heavy atom. The van der Waals surface area contributed by atoms with Gasteiger partial charge in [0.05, 0.1) is 0 Å². The van der Waals surface area contributed by atoms with Gasteiger partial charge < -0.3 is 0 Å². The van der Waals surface area contributed by atoms with E-state index in [2.05, 4.69) is 25.7 Å². The molecule has 23 heavy (non-hydrogen) atoms. The maximum atomic E-state index is 14.5. The lowest BCUT2D eigenvalue weighted by atomic mass is 9.85.